The van der Waals surface area contributed by atoms with E-state index in [2.05, 4.69) is 35.9 Å². The third-order valence-corrected chi connectivity index (χ3v) is 5.45. The molecule has 10 nitrogen and oxygen atoms in total. The lowest BCUT2D eigenvalue weighted by Crippen LogP contribution is -2.34. The summed E-state index contributed by atoms with van der Waals surface area (Å²) in [5.74, 6) is 1.61. The van der Waals surface area contributed by atoms with Gasteiger partial charge in [0.25, 0.3) is 0 Å². The number of H-pyrrole nitrogens is 1. The van der Waals surface area contributed by atoms with Crippen LogP contribution in [0.15, 0.2) is 18.6 Å². The van der Waals surface area contributed by atoms with Crippen molar-refractivity contribution in [3.63, 3.8) is 0 Å². The zero-order valence-electron chi connectivity index (χ0n) is 16.8. The number of carbonyl (C=O) groups is 1. The highest BCUT2D eigenvalue weighted by molar-refractivity contribution is 5.86. The molecule has 1 unspecified atom stereocenters. The van der Waals surface area contributed by atoms with Crippen molar-refractivity contribution in [1.82, 2.24) is 35.3 Å². The predicted molar refractivity (Wildman–Crippen MR) is 108 cm³/mol. The second kappa shape index (κ2) is 8.06. The van der Waals surface area contributed by atoms with E-state index in [0.29, 0.717) is 11.6 Å². The summed E-state index contributed by atoms with van der Waals surface area (Å²) in [6, 6.07) is 2.10. The number of aromatic amines is 1. The fourth-order valence-corrected chi connectivity index (χ4v) is 3.65. The van der Waals surface area contributed by atoms with Crippen LogP contribution in [-0.4, -0.2) is 48.2 Å². The Morgan fingerprint density at radius 3 is 3.10 bits per heavy atom. The van der Waals surface area contributed by atoms with E-state index in [4.69, 9.17) is 4.74 Å². The average molecular weight is 398 g/mol. The van der Waals surface area contributed by atoms with Crippen LogP contribution in [0.5, 0.6) is 0 Å². The summed E-state index contributed by atoms with van der Waals surface area (Å²) >= 11 is 0. The first-order chi connectivity index (χ1) is 14.0. The zero-order chi connectivity index (χ0) is 20.4. The Morgan fingerprint density at radius 2 is 2.28 bits per heavy atom. The number of amides is 1. The third-order valence-electron chi connectivity index (χ3n) is 5.45. The number of fused-ring (bicyclic) bond motifs is 1. The molecule has 4 rings (SSSR count). The van der Waals surface area contributed by atoms with Gasteiger partial charge in [-0.05, 0) is 32.6 Å². The molecule has 0 radical (unpaired) electrons. The van der Waals surface area contributed by atoms with Gasteiger partial charge in [0.15, 0.2) is 11.6 Å². The molecular weight excluding hydrogens is 372 g/mol. The Balaban J connectivity index is 1.38. The maximum Gasteiger partial charge on any atom is 0.407 e. The summed E-state index contributed by atoms with van der Waals surface area (Å²) in [5.41, 5.74) is 2.61. The highest BCUT2D eigenvalue weighted by Gasteiger charge is 2.30. The van der Waals surface area contributed by atoms with Gasteiger partial charge in [-0.2, -0.15) is 10.2 Å². The molecule has 1 fully saturated rings. The molecule has 1 amide bonds. The van der Waals surface area contributed by atoms with Crippen molar-refractivity contribution >= 4 is 28.8 Å². The van der Waals surface area contributed by atoms with Gasteiger partial charge in [0.1, 0.15) is 23.5 Å². The average Bonchev–Trinajstić information content (AvgIpc) is 3.43. The van der Waals surface area contributed by atoms with Crippen LogP contribution in [0.25, 0.3) is 11.0 Å². The molecule has 1 aliphatic carbocycles. The Kier molecular flexibility index (Phi) is 5.32. The van der Waals surface area contributed by atoms with Crippen LogP contribution in [0, 0.1) is 0 Å². The fraction of sp³-hybridized carbons (Fsp3) is 0.526. The Bertz CT molecular complexity index is 997. The number of nitrogens with one attached hydrogen (secondary N) is 3. The number of nitrogens with zero attached hydrogens (tertiary/aromatic N) is 5. The zero-order valence-corrected chi connectivity index (χ0v) is 16.8. The number of carbonyl (C=O) groups excluding carboxylic acids is 1. The van der Waals surface area contributed by atoms with Gasteiger partial charge in [0.2, 0.25) is 0 Å². The van der Waals surface area contributed by atoms with Crippen molar-refractivity contribution in [3.8, 4) is 0 Å². The van der Waals surface area contributed by atoms with Gasteiger partial charge in [-0.3, -0.25) is 9.78 Å². The maximum atomic E-state index is 11.9. The largest absolute Gasteiger partial charge is 0.446 e. The molecule has 0 spiro atoms. The molecule has 10 heteroatoms. The van der Waals surface area contributed by atoms with Crippen molar-refractivity contribution in [2.45, 2.75) is 57.6 Å². The molecule has 154 valence electrons. The topological polar surface area (TPSA) is 123 Å². The minimum Gasteiger partial charge on any atom is -0.446 e. The molecule has 29 heavy (non-hydrogen) atoms. The molecule has 1 saturated carbocycles. The smallest absolute Gasteiger partial charge is 0.407 e. The lowest BCUT2D eigenvalue weighted by Gasteiger charge is -2.16. The highest BCUT2D eigenvalue weighted by atomic mass is 16.6. The highest BCUT2D eigenvalue weighted by Crippen LogP contribution is 2.36. The monoisotopic (exact) mass is 398 g/mol. The number of hydrogen-bond donors (Lipinski definition) is 3. The van der Waals surface area contributed by atoms with Gasteiger partial charge in [0, 0.05) is 30.8 Å². The number of aromatic nitrogens is 6. The second-order valence-corrected chi connectivity index (χ2v) is 7.55. The maximum absolute atomic E-state index is 11.9. The van der Waals surface area contributed by atoms with Crippen molar-refractivity contribution in [3.05, 3.63) is 24.3 Å². The lowest BCUT2D eigenvalue weighted by atomic mass is 10.0. The molecule has 3 N–H and O–H groups in total. The number of rotatable bonds is 6. The number of alkyl carbamates (subject to hydrolysis) is 1. The minimum atomic E-state index is -0.332. The number of aryl methyl sites for hydroxylation is 1. The van der Waals surface area contributed by atoms with E-state index in [1.54, 1.807) is 10.9 Å². The van der Waals surface area contributed by atoms with Crippen molar-refractivity contribution in [1.29, 1.82) is 0 Å². The molecule has 3 atom stereocenters. The minimum absolute atomic E-state index is 0.0697. The van der Waals surface area contributed by atoms with E-state index in [0.717, 1.165) is 42.4 Å². The molecule has 0 aromatic carbocycles. The van der Waals surface area contributed by atoms with E-state index in [1.165, 1.54) is 6.33 Å². The molecule has 3 heterocycles. The van der Waals surface area contributed by atoms with Gasteiger partial charge in [-0.1, -0.05) is 6.92 Å². The molecule has 3 aromatic heterocycles. The molecule has 3 aromatic rings. The Hall–Kier alpha value is -3.17. The number of hydrogen-bond acceptors (Lipinski definition) is 7. The van der Waals surface area contributed by atoms with Crippen LogP contribution >= 0.6 is 0 Å². The second-order valence-electron chi connectivity index (χ2n) is 7.55. The van der Waals surface area contributed by atoms with Crippen molar-refractivity contribution in [2.75, 3.05) is 5.32 Å². The fourth-order valence-electron chi connectivity index (χ4n) is 3.65. The third kappa shape index (κ3) is 4.15. The van der Waals surface area contributed by atoms with E-state index in [9.17, 15) is 4.79 Å². The number of anilines is 2. The van der Waals surface area contributed by atoms with Crippen LogP contribution in [0.2, 0.25) is 0 Å². The van der Waals surface area contributed by atoms with E-state index >= 15 is 0 Å². The van der Waals surface area contributed by atoms with Crippen LogP contribution in [-0.2, 0) is 11.8 Å². The Labute approximate surface area is 168 Å². The van der Waals surface area contributed by atoms with Gasteiger partial charge in [-0.25, -0.2) is 14.8 Å². The van der Waals surface area contributed by atoms with E-state index < -0.39 is 0 Å². The van der Waals surface area contributed by atoms with Gasteiger partial charge in [0.05, 0.1) is 6.20 Å². The van der Waals surface area contributed by atoms with Crippen LogP contribution in [0.3, 0.4) is 0 Å². The first kappa shape index (κ1) is 19.2. The summed E-state index contributed by atoms with van der Waals surface area (Å²) < 4.78 is 7.29. The lowest BCUT2D eigenvalue weighted by molar-refractivity contribution is 0.0974. The summed E-state index contributed by atoms with van der Waals surface area (Å²) in [6.07, 6.45) is 6.27. The van der Waals surface area contributed by atoms with Gasteiger partial charge >= 0.3 is 6.09 Å². The van der Waals surface area contributed by atoms with Crippen LogP contribution < -0.4 is 10.6 Å². The molecular formula is C19H26N8O2. The number of ether oxygens (including phenoxy) is 1. The first-order valence-electron chi connectivity index (χ1n) is 9.95. The van der Waals surface area contributed by atoms with Crippen LogP contribution in [0.1, 0.15) is 51.1 Å². The molecule has 0 bridgehead atoms. The summed E-state index contributed by atoms with van der Waals surface area (Å²) in [6.45, 7) is 4.00. The summed E-state index contributed by atoms with van der Waals surface area (Å²) in [7, 11) is 1.85. The normalized spacial score (nSPS) is 20.0. The molecule has 1 aliphatic rings. The Morgan fingerprint density at radius 1 is 1.41 bits per heavy atom. The predicted octanol–water partition coefficient (Wildman–Crippen LogP) is 2.99. The SMILES string of the molecule is CCC(C)NC(=O)O[C@@H]1CC[C@H](c2cc(Nc3ncnc4cnn(C)c34)n[nH]2)C1. The summed E-state index contributed by atoms with van der Waals surface area (Å²) in [4.78, 5) is 20.5. The first-order valence-corrected chi connectivity index (χ1v) is 9.95. The van der Waals surface area contributed by atoms with Crippen molar-refractivity contribution in [2.24, 2.45) is 7.05 Å². The van der Waals surface area contributed by atoms with Crippen molar-refractivity contribution < 1.29 is 9.53 Å². The quantitative estimate of drug-likeness (QED) is 0.583. The molecule has 0 aliphatic heterocycles. The summed E-state index contributed by atoms with van der Waals surface area (Å²) in [5, 5.41) is 17.8. The molecule has 0 saturated heterocycles. The standard InChI is InChI=1S/C19H26N8O2/c1-4-11(2)23-19(28)29-13-6-5-12(7-13)14-8-16(26-25-14)24-18-17-15(20-10-21-18)9-22-27(17)3/h8-13H,4-7H2,1-3H3,(H,23,28)(H2,20,21,24,25,26)/t11?,12-,13+/m0/s1. The van der Waals surface area contributed by atoms with Gasteiger partial charge in [-0.15, -0.1) is 0 Å². The van der Waals surface area contributed by atoms with E-state index in [1.807, 2.05) is 27.0 Å². The van der Waals surface area contributed by atoms with Gasteiger partial charge < -0.3 is 15.4 Å². The van der Waals surface area contributed by atoms with Crippen LogP contribution in [0.4, 0.5) is 16.4 Å². The van der Waals surface area contributed by atoms with E-state index in [-0.39, 0.29) is 24.2 Å².